The molecule has 2 aromatic rings. The highest BCUT2D eigenvalue weighted by Crippen LogP contribution is 2.15. The molecule has 1 amide bonds. The molecule has 0 aliphatic heterocycles. The van der Waals surface area contributed by atoms with Gasteiger partial charge in [0, 0.05) is 22.1 Å². The summed E-state index contributed by atoms with van der Waals surface area (Å²) >= 11 is 3.32. The fourth-order valence-electron chi connectivity index (χ4n) is 1.65. The van der Waals surface area contributed by atoms with Crippen LogP contribution in [0.25, 0.3) is 0 Å². The van der Waals surface area contributed by atoms with Gasteiger partial charge in [-0.25, -0.2) is 4.98 Å². The topological polar surface area (TPSA) is 77.8 Å². The lowest BCUT2D eigenvalue weighted by molar-refractivity contribution is -0.112. The minimum Gasteiger partial charge on any atom is -0.345 e. The Kier molecular flexibility index (Phi) is 5.28. The molecule has 22 heavy (non-hydrogen) atoms. The first-order valence-corrected chi connectivity index (χ1v) is 7.25. The molecule has 0 unspecified atom stereocenters. The van der Waals surface area contributed by atoms with Crippen molar-refractivity contribution in [2.45, 2.75) is 6.92 Å². The van der Waals surface area contributed by atoms with Gasteiger partial charge in [0.2, 0.25) is 0 Å². The summed E-state index contributed by atoms with van der Waals surface area (Å²) in [4.78, 5) is 16.3. The van der Waals surface area contributed by atoms with Gasteiger partial charge in [-0.1, -0.05) is 22.0 Å². The Hall–Kier alpha value is -2.65. The number of rotatable bonds is 4. The van der Waals surface area contributed by atoms with E-state index < -0.39 is 5.91 Å². The first kappa shape index (κ1) is 15.7. The molecule has 0 fully saturated rings. The molecular formula is C16H13BrN4O. The second kappa shape index (κ2) is 7.38. The molecule has 0 saturated heterocycles. The van der Waals surface area contributed by atoms with Gasteiger partial charge in [-0.05, 0) is 43.3 Å². The van der Waals surface area contributed by atoms with Crippen LogP contribution in [0, 0.1) is 18.3 Å². The van der Waals surface area contributed by atoms with Gasteiger partial charge in [0.1, 0.15) is 17.5 Å². The van der Waals surface area contributed by atoms with Crippen molar-refractivity contribution in [2.75, 3.05) is 10.6 Å². The van der Waals surface area contributed by atoms with Gasteiger partial charge in [0.15, 0.2) is 0 Å². The second-order valence-electron chi connectivity index (χ2n) is 4.44. The molecule has 5 nitrogen and oxygen atoms in total. The third kappa shape index (κ3) is 4.43. The van der Waals surface area contributed by atoms with Gasteiger partial charge < -0.3 is 10.6 Å². The van der Waals surface area contributed by atoms with E-state index in [-0.39, 0.29) is 5.57 Å². The zero-order valence-electron chi connectivity index (χ0n) is 11.8. The molecule has 1 aromatic heterocycles. The van der Waals surface area contributed by atoms with E-state index in [0.29, 0.717) is 11.5 Å². The van der Waals surface area contributed by atoms with Crippen LogP contribution in [0.15, 0.2) is 58.7 Å². The summed E-state index contributed by atoms with van der Waals surface area (Å²) < 4.78 is 0.911. The first-order valence-electron chi connectivity index (χ1n) is 6.46. The molecule has 0 bridgehead atoms. The minimum atomic E-state index is -0.482. The number of nitriles is 1. The van der Waals surface area contributed by atoms with Crippen molar-refractivity contribution in [1.82, 2.24) is 4.98 Å². The summed E-state index contributed by atoms with van der Waals surface area (Å²) in [7, 11) is 0. The summed E-state index contributed by atoms with van der Waals surface area (Å²) in [6.07, 6.45) is 1.34. The van der Waals surface area contributed by atoms with Crippen LogP contribution < -0.4 is 10.6 Å². The lowest BCUT2D eigenvalue weighted by Gasteiger charge is -2.05. The number of aryl methyl sites for hydroxylation is 1. The number of pyridine rings is 1. The van der Waals surface area contributed by atoms with Crippen LogP contribution in [0.2, 0.25) is 0 Å². The summed E-state index contributed by atoms with van der Waals surface area (Å²) in [5, 5.41) is 14.6. The number of amides is 1. The Labute approximate surface area is 136 Å². The number of benzene rings is 1. The van der Waals surface area contributed by atoms with Gasteiger partial charge >= 0.3 is 0 Å². The van der Waals surface area contributed by atoms with Crippen LogP contribution in [-0.4, -0.2) is 10.9 Å². The van der Waals surface area contributed by atoms with Crippen molar-refractivity contribution >= 4 is 33.3 Å². The molecular weight excluding hydrogens is 344 g/mol. The van der Waals surface area contributed by atoms with Gasteiger partial charge in [-0.15, -0.1) is 0 Å². The maximum absolute atomic E-state index is 12.0. The lowest BCUT2D eigenvalue weighted by atomic mass is 10.2. The van der Waals surface area contributed by atoms with Gasteiger partial charge in [0.25, 0.3) is 5.91 Å². The van der Waals surface area contributed by atoms with Crippen molar-refractivity contribution in [3.05, 3.63) is 64.4 Å². The highest BCUT2D eigenvalue weighted by Gasteiger charge is 2.09. The fourth-order valence-corrected chi connectivity index (χ4v) is 1.91. The van der Waals surface area contributed by atoms with E-state index in [1.54, 1.807) is 30.3 Å². The molecule has 0 atom stereocenters. The van der Waals surface area contributed by atoms with E-state index >= 15 is 0 Å². The predicted molar refractivity (Wildman–Crippen MR) is 89.1 cm³/mol. The molecule has 6 heteroatoms. The Bertz CT molecular complexity index is 747. The van der Waals surface area contributed by atoms with E-state index in [2.05, 4.69) is 31.5 Å². The molecule has 2 rings (SSSR count). The number of aromatic nitrogens is 1. The summed E-state index contributed by atoms with van der Waals surface area (Å²) in [6, 6.07) is 14.4. The van der Waals surface area contributed by atoms with Crippen LogP contribution in [-0.2, 0) is 4.79 Å². The summed E-state index contributed by atoms with van der Waals surface area (Å²) in [5.41, 5.74) is 1.42. The highest BCUT2D eigenvalue weighted by atomic mass is 79.9. The van der Waals surface area contributed by atoms with E-state index in [9.17, 15) is 4.79 Å². The predicted octanol–water partition coefficient (Wildman–Crippen LogP) is 3.61. The zero-order valence-corrected chi connectivity index (χ0v) is 13.4. The quantitative estimate of drug-likeness (QED) is 0.647. The molecule has 0 saturated carbocycles. The van der Waals surface area contributed by atoms with Crippen molar-refractivity contribution in [1.29, 1.82) is 5.26 Å². The van der Waals surface area contributed by atoms with Crippen molar-refractivity contribution < 1.29 is 4.79 Å². The molecule has 110 valence electrons. The molecule has 1 aromatic carbocycles. The third-order valence-corrected chi connectivity index (χ3v) is 3.25. The normalized spacial score (nSPS) is 10.7. The number of halogens is 1. The summed E-state index contributed by atoms with van der Waals surface area (Å²) in [5.74, 6) is 0.0918. The number of anilines is 2. The second-order valence-corrected chi connectivity index (χ2v) is 5.36. The van der Waals surface area contributed by atoms with E-state index in [1.165, 1.54) is 6.20 Å². The van der Waals surface area contributed by atoms with E-state index in [0.717, 1.165) is 10.2 Å². The van der Waals surface area contributed by atoms with Crippen LogP contribution in [0.5, 0.6) is 0 Å². The molecule has 1 heterocycles. The maximum atomic E-state index is 12.0. The van der Waals surface area contributed by atoms with Crippen LogP contribution in [0.1, 0.15) is 5.69 Å². The average Bonchev–Trinajstić information content (AvgIpc) is 2.50. The smallest absolute Gasteiger partial charge is 0.267 e. The Morgan fingerprint density at radius 1 is 1.27 bits per heavy atom. The number of hydrogen-bond acceptors (Lipinski definition) is 4. The highest BCUT2D eigenvalue weighted by molar-refractivity contribution is 9.10. The zero-order chi connectivity index (χ0) is 15.9. The SMILES string of the molecule is Cc1cccc(N/C=C(/C#N)C(=O)Nc2ccc(Br)cc2)n1. The van der Waals surface area contributed by atoms with Crippen LogP contribution in [0.4, 0.5) is 11.5 Å². The van der Waals surface area contributed by atoms with Gasteiger partial charge in [-0.2, -0.15) is 5.26 Å². The molecule has 0 aliphatic rings. The van der Waals surface area contributed by atoms with Crippen molar-refractivity contribution in [3.63, 3.8) is 0 Å². The number of nitrogens with zero attached hydrogens (tertiary/aromatic N) is 2. The lowest BCUT2D eigenvalue weighted by Crippen LogP contribution is -2.14. The Morgan fingerprint density at radius 2 is 2.00 bits per heavy atom. The standard InChI is InChI=1S/C16H13BrN4O/c1-11-3-2-4-15(20-11)19-10-12(9-18)16(22)21-14-7-5-13(17)6-8-14/h2-8,10H,1H3,(H,19,20)(H,21,22)/b12-10-. The van der Waals surface area contributed by atoms with Crippen LogP contribution in [0.3, 0.4) is 0 Å². The monoisotopic (exact) mass is 356 g/mol. The number of carbonyl (C=O) groups is 1. The third-order valence-electron chi connectivity index (χ3n) is 2.72. The molecule has 0 spiro atoms. The largest absolute Gasteiger partial charge is 0.345 e. The first-order chi connectivity index (χ1) is 10.6. The van der Waals surface area contributed by atoms with Crippen LogP contribution >= 0.6 is 15.9 Å². The molecule has 0 aliphatic carbocycles. The van der Waals surface area contributed by atoms with E-state index in [4.69, 9.17) is 5.26 Å². The number of nitrogens with one attached hydrogen (secondary N) is 2. The van der Waals surface area contributed by atoms with Crippen molar-refractivity contribution in [3.8, 4) is 6.07 Å². The molecule has 2 N–H and O–H groups in total. The fraction of sp³-hybridized carbons (Fsp3) is 0.0625. The number of hydrogen-bond donors (Lipinski definition) is 2. The summed E-state index contributed by atoms with van der Waals surface area (Å²) in [6.45, 7) is 1.86. The van der Waals surface area contributed by atoms with Crippen molar-refractivity contribution in [2.24, 2.45) is 0 Å². The minimum absolute atomic E-state index is 0.0359. The average molecular weight is 357 g/mol. The Morgan fingerprint density at radius 3 is 2.64 bits per heavy atom. The number of carbonyl (C=O) groups excluding carboxylic acids is 1. The Balaban J connectivity index is 2.07. The van der Waals surface area contributed by atoms with Gasteiger partial charge in [-0.3, -0.25) is 4.79 Å². The van der Waals surface area contributed by atoms with Gasteiger partial charge in [0.05, 0.1) is 0 Å². The molecule has 0 radical (unpaired) electrons. The van der Waals surface area contributed by atoms with E-state index in [1.807, 2.05) is 25.1 Å². The maximum Gasteiger partial charge on any atom is 0.267 e.